The highest BCUT2D eigenvalue weighted by Gasteiger charge is 2.34. The molecule has 1 fully saturated rings. The summed E-state index contributed by atoms with van der Waals surface area (Å²) >= 11 is 0. The van der Waals surface area contributed by atoms with Gasteiger partial charge in [0.2, 0.25) is 0 Å². The van der Waals surface area contributed by atoms with Gasteiger partial charge in [0.1, 0.15) is 24.1 Å². The van der Waals surface area contributed by atoms with Gasteiger partial charge in [-0.3, -0.25) is 9.69 Å². The number of piperazine rings is 1. The zero-order valence-corrected chi connectivity index (χ0v) is 22.7. The van der Waals surface area contributed by atoms with Crippen LogP contribution in [-0.2, 0) is 12.7 Å². The van der Waals surface area contributed by atoms with Gasteiger partial charge in [0.25, 0.3) is 5.56 Å². The molecule has 0 amide bonds. The third kappa shape index (κ3) is 5.59. The molecule has 4 heterocycles. The molecule has 1 atom stereocenters. The molecule has 0 spiro atoms. The van der Waals surface area contributed by atoms with Crippen molar-refractivity contribution < 1.29 is 22.3 Å². The molecule has 10 nitrogen and oxygen atoms in total. The summed E-state index contributed by atoms with van der Waals surface area (Å²) in [5.41, 5.74) is 0.626. The minimum Gasteiger partial charge on any atom is -0.494 e. The average molecular weight is 580 g/mol. The molecule has 5 aromatic rings. The van der Waals surface area contributed by atoms with E-state index in [2.05, 4.69) is 25.4 Å². The molecule has 0 radical (unpaired) electrons. The second kappa shape index (κ2) is 11.3. The van der Waals surface area contributed by atoms with Gasteiger partial charge < -0.3 is 19.0 Å². The highest BCUT2D eigenvalue weighted by atomic mass is 19.4. The van der Waals surface area contributed by atoms with E-state index in [1.165, 1.54) is 12.1 Å². The van der Waals surface area contributed by atoms with Crippen LogP contribution in [0.2, 0.25) is 0 Å². The Morgan fingerprint density at radius 3 is 2.62 bits per heavy atom. The smallest absolute Gasteiger partial charge is 0.416 e. The first-order valence-electron chi connectivity index (χ1n) is 13.5. The number of nitrogens with zero attached hydrogens (tertiary/aromatic N) is 6. The molecule has 6 rings (SSSR count). The number of fused-ring (bicyclic) bond motifs is 1. The van der Waals surface area contributed by atoms with E-state index in [-0.39, 0.29) is 12.1 Å². The summed E-state index contributed by atoms with van der Waals surface area (Å²) in [6, 6.07) is 15.6. The zero-order valence-electron chi connectivity index (χ0n) is 22.7. The van der Waals surface area contributed by atoms with Crippen molar-refractivity contribution in [3.05, 3.63) is 100.0 Å². The highest BCUT2D eigenvalue weighted by Crippen LogP contribution is 2.33. The number of furan rings is 1. The molecule has 0 unspecified atom stereocenters. The van der Waals surface area contributed by atoms with E-state index >= 15 is 0 Å². The van der Waals surface area contributed by atoms with Gasteiger partial charge in [-0.2, -0.15) is 13.2 Å². The number of hydrogen-bond acceptors (Lipinski definition) is 8. The lowest BCUT2D eigenvalue weighted by Crippen LogP contribution is -2.49. The summed E-state index contributed by atoms with van der Waals surface area (Å²) in [7, 11) is 0. The van der Waals surface area contributed by atoms with E-state index in [4.69, 9.17) is 9.15 Å². The molecule has 1 aliphatic rings. The third-order valence-corrected chi connectivity index (χ3v) is 7.36. The second-order valence-corrected chi connectivity index (χ2v) is 9.98. The average Bonchev–Trinajstić information content (AvgIpc) is 3.67. The van der Waals surface area contributed by atoms with Crippen molar-refractivity contribution >= 4 is 16.6 Å². The van der Waals surface area contributed by atoms with Crippen LogP contribution in [0.4, 0.5) is 18.9 Å². The van der Waals surface area contributed by atoms with Crippen molar-refractivity contribution in [3.8, 4) is 5.75 Å². The third-order valence-electron chi connectivity index (χ3n) is 7.36. The van der Waals surface area contributed by atoms with Crippen LogP contribution in [0.3, 0.4) is 0 Å². The summed E-state index contributed by atoms with van der Waals surface area (Å²) in [6.45, 7) is 4.44. The first-order chi connectivity index (χ1) is 20.3. The van der Waals surface area contributed by atoms with Gasteiger partial charge in [0.15, 0.2) is 5.82 Å². The predicted octanol–water partition coefficient (Wildman–Crippen LogP) is 4.49. The Hall–Kier alpha value is -4.65. The number of hydrogen-bond donors (Lipinski definition) is 1. The molecule has 42 heavy (non-hydrogen) atoms. The summed E-state index contributed by atoms with van der Waals surface area (Å²) in [5.74, 6) is 1.77. The number of pyridine rings is 1. The summed E-state index contributed by atoms with van der Waals surface area (Å²) in [5, 5.41) is 13.2. The number of tetrazole rings is 1. The summed E-state index contributed by atoms with van der Waals surface area (Å²) in [6.07, 6.45) is -2.86. The Morgan fingerprint density at radius 1 is 1.05 bits per heavy atom. The molecule has 2 aromatic carbocycles. The Morgan fingerprint density at radius 2 is 1.88 bits per heavy atom. The van der Waals surface area contributed by atoms with Crippen molar-refractivity contribution in [1.82, 2.24) is 30.1 Å². The van der Waals surface area contributed by atoms with Crippen LogP contribution in [0.1, 0.15) is 35.7 Å². The molecule has 1 N–H and O–H groups in total. The Kier molecular flexibility index (Phi) is 7.42. The number of rotatable bonds is 8. The first-order valence-corrected chi connectivity index (χ1v) is 13.5. The summed E-state index contributed by atoms with van der Waals surface area (Å²) < 4.78 is 52.8. The van der Waals surface area contributed by atoms with Gasteiger partial charge >= 0.3 is 6.18 Å². The number of halogens is 3. The van der Waals surface area contributed by atoms with E-state index in [0.29, 0.717) is 66.9 Å². The molecular formula is C29H28F3N7O3. The lowest BCUT2D eigenvalue weighted by atomic mass is 10.0. The molecule has 13 heteroatoms. The maximum atomic E-state index is 13.5. The van der Waals surface area contributed by atoms with Crippen molar-refractivity contribution in [2.24, 2.45) is 0 Å². The van der Waals surface area contributed by atoms with E-state index in [1.54, 1.807) is 35.2 Å². The summed E-state index contributed by atoms with van der Waals surface area (Å²) in [4.78, 5) is 20.5. The minimum absolute atomic E-state index is 0.260. The van der Waals surface area contributed by atoms with Crippen molar-refractivity contribution in [1.29, 1.82) is 0 Å². The van der Waals surface area contributed by atoms with Crippen LogP contribution in [0, 0.1) is 0 Å². The van der Waals surface area contributed by atoms with Crippen LogP contribution in [0.5, 0.6) is 5.75 Å². The monoisotopic (exact) mass is 579 g/mol. The standard InChI is InChI=1S/C29H28F3N7O3/c1-2-41-22-8-9-25-19(15-22)16-24(28(40)33-25)26(27-34-35-36-39(27)18-23-7-4-14-42-23)38-12-10-37(11-13-38)21-6-3-5-20(17-21)29(30,31)32/h3-9,14-17,26H,2,10-13,18H2,1H3,(H,33,40)/t26-/m1/s1. The normalized spacial score (nSPS) is 15.3. The Bertz CT molecular complexity index is 1720. The fraction of sp³-hybridized carbons (Fsp3) is 0.310. The number of ether oxygens (including phenoxy) is 1. The van der Waals surface area contributed by atoms with Crippen LogP contribution in [0.25, 0.3) is 10.9 Å². The quantitative estimate of drug-likeness (QED) is 0.287. The molecule has 0 aliphatic carbocycles. The largest absolute Gasteiger partial charge is 0.494 e. The molecular weight excluding hydrogens is 551 g/mol. The fourth-order valence-corrected chi connectivity index (χ4v) is 5.35. The lowest BCUT2D eigenvalue weighted by Gasteiger charge is -2.39. The number of aromatic amines is 1. The second-order valence-electron chi connectivity index (χ2n) is 9.98. The maximum Gasteiger partial charge on any atom is 0.416 e. The predicted molar refractivity (Wildman–Crippen MR) is 148 cm³/mol. The van der Waals surface area contributed by atoms with Gasteiger partial charge in [-0.15, -0.1) is 5.10 Å². The van der Waals surface area contributed by atoms with E-state index in [1.807, 2.05) is 30.0 Å². The molecule has 0 saturated carbocycles. The maximum absolute atomic E-state index is 13.5. The topological polar surface area (TPSA) is 105 Å². The Balaban J connectivity index is 1.36. The van der Waals surface area contributed by atoms with Crippen molar-refractivity contribution in [2.75, 3.05) is 37.7 Å². The molecule has 218 valence electrons. The molecule has 1 aliphatic heterocycles. The van der Waals surface area contributed by atoms with Crippen molar-refractivity contribution in [2.45, 2.75) is 25.7 Å². The van der Waals surface area contributed by atoms with E-state index in [9.17, 15) is 18.0 Å². The zero-order chi connectivity index (χ0) is 29.3. The lowest BCUT2D eigenvalue weighted by molar-refractivity contribution is -0.137. The molecule has 3 aromatic heterocycles. The van der Waals surface area contributed by atoms with Gasteiger partial charge in [0, 0.05) is 48.3 Å². The number of H-pyrrole nitrogens is 1. The molecule has 1 saturated heterocycles. The van der Waals surface area contributed by atoms with Crippen LogP contribution in [0.15, 0.2) is 76.1 Å². The minimum atomic E-state index is -4.42. The number of anilines is 1. The molecule has 0 bridgehead atoms. The van der Waals surface area contributed by atoms with Crippen LogP contribution in [-0.4, -0.2) is 62.9 Å². The van der Waals surface area contributed by atoms with Gasteiger partial charge in [-0.05, 0) is 71.9 Å². The number of alkyl halides is 3. The van der Waals surface area contributed by atoms with Gasteiger partial charge in [0.05, 0.1) is 18.4 Å². The highest BCUT2D eigenvalue weighted by molar-refractivity contribution is 5.80. The van der Waals surface area contributed by atoms with Crippen LogP contribution < -0.4 is 15.2 Å². The SMILES string of the molecule is CCOc1ccc2[nH]c(=O)c([C@H](c3nnnn3Cc3ccco3)N3CCN(c4cccc(C(F)(F)F)c4)CC3)cc2c1. The van der Waals surface area contributed by atoms with Crippen molar-refractivity contribution in [3.63, 3.8) is 0 Å². The van der Waals surface area contributed by atoms with Gasteiger partial charge in [-0.25, -0.2) is 4.68 Å². The van der Waals surface area contributed by atoms with E-state index < -0.39 is 17.8 Å². The fourth-order valence-electron chi connectivity index (χ4n) is 5.35. The van der Waals surface area contributed by atoms with Crippen LogP contribution >= 0.6 is 0 Å². The number of nitrogens with one attached hydrogen (secondary N) is 1. The number of aromatic nitrogens is 5. The number of benzene rings is 2. The van der Waals surface area contributed by atoms with Gasteiger partial charge in [-0.1, -0.05) is 6.07 Å². The first kappa shape index (κ1) is 27.5. The van der Waals surface area contributed by atoms with E-state index in [0.717, 1.165) is 11.5 Å². The Labute approximate surface area is 238 Å².